The molecule has 0 radical (unpaired) electrons. The number of benzene rings is 8. The molecule has 0 atom stereocenters. The first-order valence-corrected chi connectivity index (χ1v) is 14.9. The largest absolute Gasteiger partial charge is 0.135 e. The zero-order valence-electron chi connectivity index (χ0n) is 22.3. The zero-order valence-corrected chi connectivity index (χ0v) is 23.1. The molecule has 8 aromatic carbocycles. The Morgan fingerprint density at radius 2 is 0.780 bits per heavy atom. The minimum atomic E-state index is 1.26. The summed E-state index contributed by atoms with van der Waals surface area (Å²) < 4.78 is 2.68. The van der Waals surface area contributed by atoms with Crippen LogP contribution < -0.4 is 0 Å². The smallest absolute Gasteiger partial charge is 0.0355 e. The van der Waals surface area contributed by atoms with Gasteiger partial charge in [-0.25, -0.2) is 0 Å². The van der Waals surface area contributed by atoms with Crippen molar-refractivity contribution in [1.82, 2.24) is 0 Å². The van der Waals surface area contributed by atoms with E-state index >= 15 is 0 Å². The van der Waals surface area contributed by atoms with Gasteiger partial charge < -0.3 is 0 Å². The molecule has 0 unspecified atom stereocenters. The summed E-state index contributed by atoms with van der Waals surface area (Å²) in [4.78, 5) is 0. The Labute approximate surface area is 241 Å². The highest BCUT2D eigenvalue weighted by Gasteiger charge is 2.17. The van der Waals surface area contributed by atoms with E-state index in [1.54, 1.807) is 0 Å². The lowest BCUT2D eigenvalue weighted by Crippen LogP contribution is -1.91. The Balaban J connectivity index is 1.36. The van der Waals surface area contributed by atoms with Gasteiger partial charge in [0.1, 0.15) is 0 Å². The first kappa shape index (κ1) is 22.8. The Morgan fingerprint density at radius 1 is 0.293 bits per heavy atom. The predicted octanol–water partition coefficient (Wildman–Crippen LogP) is 12.0. The first-order chi connectivity index (χ1) is 20.3. The van der Waals surface area contributed by atoms with E-state index in [0.717, 1.165) is 0 Å². The van der Waals surface area contributed by atoms with Crippen molar-refractivity contribution in [3.63, 3.8) is 0 Å². The summed E-state index contributed by atoms with van der Waals surface area (Å²) in [7, 11) is 0. The van der Waals surface area contributed by atoms with Crippen LogP contribution in [-0.2, 0) is 0 Å². The van der Waals surface area contributed by atoms with Gasteiger partial charge in [0.25, 0.3) is 0 Å². The molecular weight excluding hydrogens is 513 g/mol. The summed E-state index contributed by atoms with van der Waals surface area (Å²) in [5, 5.41) is 13.0. The van der Waals surface area contributed by atoms with Gasteiger partial charge >= 0.3 is 0 Å². The Kier molecular flexibility index (Phi) is 4.87. The van der Waals surface area contributed by atoms with Crippen molar-refractivity contribution in [3.8, 4) is 22.3 Å². The minimum Gasteiger partial charge on any atom is -0.135 e. The van der Waals surface area contributed by atoms with Gasteiger partial charge in [-0.1, -0.05) is 121 Å². The molecule has 0 spiro atoms. The van der Waals surface area contributed by atoms with E-state index < -0.39 is 0 Å². The van der Waals surface area contributed by atoms with E-state index in [2.05, 4.69) is 146 Å². The van der Waals surface area contributed by atoms with Crippen LogP contribution in [0.2, 0.25) is 0 Å². The molecule has 190 valence electrons. The molecule has 0 amide bonds. The van der Waals surface area contributed by atoms with Crippen molar-refractivity contribution >= 4 is 74.6 Å². The predicted molar refractivity (Wildman–Crippen MR) is 180 cm³/mol. The van der Waals surface area contributed by atoms with E-state index in [-0.39, 0.29) is 0 Å². The Hall–Kier alpha value is -4.98. The summed E-state index contributed by atoms with van der Waals surface area (Å²) in [6.07, 6.45) is 0. The molecule has 0 aliphatic rings. The van der Waals surface area contributed by atoms with Crippen molar-refractivity contribution in [3.05, 3.63) is 146 Å². The van der Waals surface area contributed by atoms with Crippen LogP contribution in [0.25, 0.3) is 85.5 Å². The standard InChI is InChI=1S/C40H24S/c1-2-10-29-25(9-1)17-18-26-23-27(19-21-30(26)29)39-32-12-3-5-14-34(32)40(35-15-6-4-13-33(35)39)28-20-22-38-36(24-28)31-11-7-8-16-37(31)41-38/h1-24H. The fraction of sp³-hybridized carbons (Fsp3) is 0. The molecule has 9 rings (SSSR count). The summed E-state index contributed by atoms with van der Waals surface area (Å²) in [5.41, 5.74) is 5.14. The van der Waals surface area contributed by atoms with Gasteiger partial charge in [0.15, 0.2) is 0 Å². The highest BCUT2D eigenvalue weighted by Crippen LogP contribution is 2.45. The van der Waals surface area contributed by atoms with Crippen LogP contribution in [0, 0.1) is 0 Å². The van der Waals surface area contributed by atoms with Crippen LogP contribution >= 0.6 is 11.3 Å². The fourth-order valence-electron chi connectivity index (χ4n) is 6.80. The molecule has 0 aliphatic carbocycles. The van der Waals surface area contributed by atoms with Crippen LogP contribution in [0.5, 0.6) is 0 Å². The molecule has 41 heavy (non-hydrogen) atoms. The third kappa shape index (κ3) is 3.40. The van der Waals surface area contributed by atoms with Gasteiger partial charge in [0.2, 0.25) is 0 Å². The van der Waals surface area contributed by atoms with Gasteiger partial charge in [0, 0.05) is 20.2 Å². The van der Waals surface area contributed by atoms with Crippen molar-refractivity contribution in [2.45, 2.75) is 0 Å². The van der Waals surface area contributed by atoms with E-state index in [0.29, 0.717) is 0 Å². The summed E-state index contributed by atoms with van der Waals surface area (Å²) in [6, 6.07) is 53.8. The second-order valence-corrected chi connectivity index (χ2v) is 12.0. The lowest BCUT2D eigenvalue weighted by molar-refractivity contribution is 1.69. The van der Waals surface area contributed by atoms with E-state index in [4.69, 9.17) is 0 Å². The first-order valence-electron chi connectivity index (χ1n) is 14.1. The van der Waals surface area contributed by atoms with Crippen LogP contribution in [0.15, 0.2) is 146 Å². The second kappa shape index (κ2) is 8.76. The van der Waals surface area contributed by atoms with Crippen molar-refractivity contribution < 1.29 is 0 Å². The molecule has 0 aliphatic heterocycles. The fourth-order valence-corrected chi connectivity index (χ4v) is 7.89. The number of hydrogen-bond acceptors (Lipinski definition) is 1. The minimum absolute atomic E-state index is 1.26. The monoisotopic (exact) mass is 536 g/mol. The second-order valence-electron chi connectivity index (χ2n) is 10.9. The third-order valence-electron chi connectivity index (χ3n) is 8.63. The summed E-state index contributed by atoms with van der Waals surface area (Å²) >= 11 is 1.87. The Morgan fingerprint density at radius 3 is 1.49 bits per heavy atom. The van der Waals surface area contributed by atoms with E-state index in [9.17, 15) is 0 Å². The summed E-state index contributed by atoms with van der Waals surface area (Å²) in [6.45, 7) is 0. The van der Waals surface area contributed by atoms with Crippen LogP contribution in [0.1, 0.15) is 0 Å². The molecule has 0 fully saturated rings. The maximum Gasteiger partial charge on any atom is 0.0355 e. The van der Waals surface area contributed by atoms with E-state index in [1.165, 1.54) is 85.5 Å². The van der Waals surface area contributed by atoms with Crippen LogP contribution in [-0.4, -0.2) is 0 Å². The number of fused-ring (bicyclic) bond motifs is 8. The number of hydrogen-bond donors (Lipinski definition) is 0. The summed E-state index contributed by atoms with van der Waals surface area (Å²) in [5.74, 6) is 0. The molecule has 0 bridgehead atoms. The van der Waals surface area contributed by atoms with Gasteiger partial charge in [-0.15, -0.1) is 11.3 Å². The van der Waals surface area contributed by atoms with Gasteiger partial charge in [0.05, 0.1) is 0 Å². The maximum absolute atomic E-state index is 2.41. The van der Waals surface area contributed by atoms with Crippen molar-refractivity contribution in [2.24, 2.45) is 0 Å². The molecule has 0 N–H and O–H groups in total. The zero-order chi connectivity index (χ0) is 26.9. The average Bonchev–Trinajstić information content (AvgIpc) is 3.41. The molecule has 9 aromatic rings. The molecule has 0 saturated heterocycles. The number of rotatable bonds is 2. The highest BCUT2D eigenvalue weighted by atomic mass is 32.1. The normalized spacial score (nSPS) is 11.9. The topological polar surface area (TPSA) is 0 Å². The van der Waals surface area contributed by atoms with Gasteiger partial charge in [-0.3, -0.25) is 0 Å². The number of thiophene rings is 1. The molecule has 1 heteroatoms. The maximum atomic E-state index is 2.41. The molecule has 0 saturated carbocycles. The molecule has 0 nitrogen and oxygen atoms in total. The third-order valence-corrected chi connectivity index (χ3v) is 9.78. The molecule has 1 aromatic heterocycles. The molecule has 1 heterocycles. The lowest BCUT2D eigenvalue weighted by Gasteiger charge is -2.18. The SMILES string of the molecule is c1ccc2c(c1)ccc1cc(-c3c4ccccc4c(-c4ccc5sc6ccccc6c5c4)c4ccccc34)ccc12. The lowest BCUT2D eigenvalue weighted by atomic mass is 9.85. The average molecular weight is 537 g/mol. The Bertz CT molecular complexity index is 2420. The van der Waals surface area contributed by atoms with Gasteiger partial charge in [-0.05, 0) is 89.6 Å². The van der Waals surface area contributed by atoms with Gasteiger partial charge in [-0.2, -0.15) is 0 Å². The quantitative estimate of drug-likeness (QED) is 0.152. The van der Waals surface area contributed by atoms with Crippen molar-refractivity contribution in [2.75, 3.05) is 0 Å². The molecular formula is C40H24S. The van der Waals surface area contributed by atoms with Crippen LogP contribution in [0.4, 0.5) is 0 Å². The highest BCUT2D eigenvalue weighted by molar-refractivity contribution is 7.25. The van der Waals surface area contributed by atoms with E-state index in [1.807, 2.05) is 11.3 Å². The van der Waals surface area contributed by atoms with Crippen LogP contribution in [0.3, 0.4) is 0 Å². The van der Waals surface area contributed by atoms with Crippen molar-refractivity contribution in [1.29, 1.82) is 0 Å².